The van der Waals surface area contributed by atoms with Gasteiger partial charge in [0, 0.05) is 0 Å². The molecule has 0 saturated heterocycles. The summed E-state index contributed by atoms with van der Waals surface area (Å²) in [5.41, 5.74) is 0. The number of nitrogens with zero attached hydrogens (tertiary/aromatic N) is 2. The van der Waals surface area contributed by atoms with Crippen LogP contribution in [0.25, 0.3) is 0 Å². The van der Waals surface area contributed by atoms with E-state index in [1.54, 1.807) is 0 Å². The molecule has 2 nitrogen and oxygen atoms in total. The molecule has 0 aromatic heterocycles. The topological polar surface area (TPSA) is 24.7 Å². The fraction of sp³-hybridized carbons (Fsp3) is 0. The zero-order valence-corrected chi connectivity index (χ0v) is 6.58. The Bertz CT molecular complexity index is 116. The van der Waals surface area contributed by atoms with Crippen LogP contribution in [0.2, 0.25) is 0 Å². The van der Waals surface area contributed by atoms with Crippen LogP contribution in [0.1, 0.15) is 0 Å². The summed E-state index contributed by atoms with van der Waals surface area (Å²) in [6.07, 6.45) is 0. The molecule has 0 aromatic carbocycles. The molecule has 0 unspecified atom stereocenters. The molecule has 0 aromatic rings. The summed E-state index contributed by atoms with van der Waals surface area (Å²) in [7, 11) is 0. The van der Waals surface area contributed by atoms with Gasteiger partial charge in [0.15, 0.2) is 0 Å². The third-order valence-corrected chi connectivity index (χ3v) is 0.941. The van der Waals surface area contributed by atoms with Gasteiger partial charge in [-0.15, -0.1) is 0 Å². The SMILES string of the molecule is FC(=NBr)C(F)=NBr. The van der Waals surface area contributed by atoms with E-state index in [1.165, 1.54) is 0 Å². The van der Waals surface area contributed by atoms with Crippen molar-refractivity contribution in [2.24, 2.45) is 8.04 Å². The molecule has 0 fully saturated rings. The van der Waals surface area contributed by atoms with Crippen LogP contribution in [-0.4, -0.2) is 11.9 Å². The summed E-state index contributed by atoms with van der Waals surface area (Å²) in [5.74, 6) is -2.58. The maximum atomic E-state index is 11.7. The largest absolute Gasteiger partial charge is 0.275 e. The molecule has 8 heavy (non-hydrogen) atoms. The molecule has 0 amide bonds. The highest BCUT2D eigenvalue weighted by atomic mass is 79.9. The fourth-order valence-electron chi connectivity index (χ4n) is 0.0697. The maximum Gasteiger partial charge on any atom is 0.275 e. The molecular weight excluding hydrogens is 250 g/mol. The first-order valence-corrected chi connectivity index (χ1v) is 2.83. The zero-order chi connectivity index (χ0) is 6.57. The number of rotatable bonds is 1. The Morgan fingerprint density at radius 1 is 1.00 bits per heavy atom. The molecule has 0 heterocycles. The highest BCUT2D eigenvalue weighted by molar-refractivity contribution is 9.08. The van der Waals surface area contributed by atoms with Crippen LogP contribution in [-0.2, 0) is 0 Å². The Morgan fingerprint density at radius 2 is 1.25 bits per heavy atom. The van der Waals surface area contributed by atoms with Gasteiger partial charge in [-0.05, 0) is 0 Å². The summed E-state index contributed by atoms with van der Waals surface area (Å²) in [5, 5.41) is 0. The molecule has 0 radical (unpaired) electrons. The monoisotopic (exact) mass is 248 g/mol. The Kier molecular flexibility index (Phi) is 4.16. The van der Waals surface area contributed by atoms with E-state index >= 15 is 0 Å². The molecule has 0 aliphatic carbocycles. The van der Waals surface area contributed by atoms with Crippen molar-refractivity contribution in [1.29, 1.82) is 0 Å². The second-order valence-corrected chi connectivity index (χ2v) is 1.46. The van der Waals surface area contributed by atoms with Crippen LogP contribution in [0.3, 0.4) is 0 Å². The van der Waals surface area contributed by atoms with Gasteiger partial charge in [0.25, 0.3) is 11.9 Å². The van der Waals surface area contributed by atoms with Crippen molar-refractivity contribution in [2.45, 2.75) is 0 Å². The van der Waals surface area contributed by atoms with Gasteiger partial charge in [-0.2, -0.15) is 16.8 Å². The first-order chi connectivity index (χ1) is 3.72. The van der Waals surface area contributed by atoms with Crippen LogP contribution in [0, 0.1) is 0 Å². The van der Waals surface area contributed by atoms with E-state index in [0.717, 1.165) is 0 Å². The van der Waals surface area contributed by atoms with Crippen molar-refractivity contribution in [3.63, 3.8) is 0 Å². The lowest BCUT2D eigenvalue weighted by Gasteiger charge is -1.80. The van der Waals surface area contributed by atoms with E-state index in [2.05, 4.69) is 40.3 Å². The molecule has 0 N–H and O–H groups in total. The normalized spacial score (nSPS) is 14.5. The molecule has 0 rings (SSSR count). The molecule has 0 saturated carbocycles. The van der Waals surface area contributed by atoms with Gasteiger partial charge >= 0.3 is 0 Å². The minimum Gasteiger partial charge on any atom is -0.179 e. The lowest BCUT2D eigenvalue weighted by Crippen LogP contribution is -1.97. The van der Waals surface area contributed by atoms with E-state index in [0.29, 0.717) is 0 Å². The van der Waals surface area contributed by atoms with Crippen LogP contribution in [0.4, 0.5) is 8.78 Å². The molecule has 46 valence electrons. The Morgan fingerprint density at radius 3 is 1.38 bits per heavy atom. The van der Waals surface area contributed by atoms with E-state index in [1.807, 2.05) is 0 Å². The second kappa shape index (κ2) is 4.08. The van der Waals surface area contributed by atoms with Crippen LogP contribution in [0.15, 0.2) is 8.04 Å². The summed E-state index contributed by atoms with van der Waals surface area (Å²) in [6.45, 7) is 0. The quantitative estimate of drug-likeness (QED) is 0.638. The van der Waals surface area contributed by atoms with Crippen molar-refractivity contribution in [3.05, 3.63) is 0 Å². The fourth-order valence-corrected chi connectivity index (χ4v) is 0.362. The average Bonchev–Trinajstić information content (AvgIpc) is 1.84. The van der Waals surface area contributed by atoms with Crippen LogP contribution < -0.4 is 0 Å². The standard InChI is InChI=1S/C2Br2F2N2/c3-7-1(5)2(6)8-4. The molecular formula is C2Br2F2N2. The molecule has 0 bridgehead atoms. The van der Waals surface area contributed by atoms with Gasteiger partial charge in [-0.1, -0.05) is 0 Å². The average molecular weight is 250 g/mol. The van der Waals surface area contributed by atoms with Crippen LogP contribution >= 0.6 is 32.3 Å². The highest BCUT2D eigenvalue weighted by Gasteiger charge is 2.03. The Balaban J connectivity index is 4.04. The van der Waals surface area contributed by atoms with Crippen molar-refractivity contribution < 1.29 is 8.78 Å². The lowest BCUT2D eigenvalue weighted by atomic mass is 10.7. The minimum atomic E-state index is -1.29. The molecule has 6 heteroatoms. The van der Waals surface area contributed by atoms with Gasteiger partial charge in [0.05, 0.1) is 32.3 Å². The molecule has 0 spiro atoms. The molecule has 0 aliphatic rings. The predicted molar refractivity (Wildman–Crippen MR) is 34.9 cm³/mol. The molecule has 0 atom stereocenters. The van der Waals surface area contributed by atoms with E-state index in [9.17, 15) is 8.78 Å². The Labute approximate surface area is 61.4 Å². The van der Waals surface area contributed by atoms with Gasteiger partial charge < -0.3 is 0 Å². The van der Waals surface area contributed by atoms with E-state index in [4.69, 9.17) is 0 Å². The smallest absolute Gasteiger partial charge is 0.179 e. The summed E-state index contributed by atoms with van der Waals surface area (Å²) < 4.78 is 28.8. The van der Waals surface area contributed by atoms with Gasteiger partial charge in [0.2, 0.25) is 0 Å². The third-order valence-electron chi connectivity index (χ3n) is 0.319. The summed E-state index contributed by atoms with van der Waals surface area (Å²) in [4.78, 5) is 0. The van der Waals surface area contributed by atoms with Gasteiger partial charge in [-0.3, -0.25) is 0 Å². The zero-order valence-electron chi connectivity index (χ0n) is 3.41. The van der Waals surface area contributed by atoms with Crippen molar-refractivity contribution in [1.82, 2.24) is 0 Å². The van der Waals surface area contributed by atoms with Gasteiger partial charge in [0.1, 0.15) is 0 Å². The van der Waals surface area contributed by atoms with Crippen molar-refractivity contribution >= 4 is 44.2 Å². The van der Waals surface area contributed by atoms with E-state index < -0.39 is 11.9 Å². The molecule has 0 aliphatic heterocycles. The summed E-state index contributed by atoms with van der Waals surface area (Å²) >= 11 is 4.65. The predicted octanol–water partition coefficient (Wildman–Crippen LogP) is 2.34. The third kappa shape index (κ3) is 2.46. The van der Waals surface area contributed by atoms with Crippen molar-refractivity contribution in [3.8, 4) is 0 Å². The summed E-state index contributed by atoms with van der Waals surface area (Å²) in [6, 6.07) is 0. The lowest BCUT2D eigenvalue weighted by molar-refractivity contribution is 0.765. The maximum absolute atomic E-state index is 11.7. The number of hydrogen-bond acceptors (Lipinski definition) is 2. The van der Waals surface area contributed by atoms with Gasteiger partial charge in [-0.25, -0.2) is 0 Å². The van der Waals surface area contributed by atoms with E-state index in [-0.39, 0.29) is 0 Å². The van der Waals surface area contributed by atoms with Crippen LogP contribution in [0.5, 0.6) is 0 Å². The minimum absolute atomic E-state index is 1.29. The number of halogens is 4. The van der Waals surface area contributed by atoms with Crippen molar-refractivity contribution in [2.75, 3.05) is 0 Å². The first kappa shape index (κ1) is 8.16. The second-order valence-electron chi connectivity index (χ2n) is 0.751. The first-order valence-electron chi connectivity index (χ1n) is 1.41. The highest BCUT2D eigenvalue weighted by Crippen LogP contribution is 1.96. The Hall–Kier alpha value is 0.160. The number of hydrogen-bond donors (Lipinski definition) is 0.